The lowest BCUT2D eigenvalue weighted by Gasteiger charge is -2.39. The highest BCUT2D eigenvalue weighted by atomic mass is 16.5. The van der Waals surface area contributed by atoms with Gasteiger partial charge < -0.3 is 19.6 Å². The van der Waals surface area contributed by atoms with Crippen LogP contribution in [0.2, 0.25) is 0 Å². The number of carbonyl (C=O) groups excluding carboxylic acids is 1. The summed E-state index contributed by atoms with van der Waals surface area (Å²) < 4.78 is 5.53. The zero-order valence-electron chi connectivity index (χ0n) is 13.0. The predicted octanol–water partition coefficient (Wildman–Crippen LogP) is 1.65. The number of carbonyl (C=O) groups is 2. The average molecular weight is 298 g/mol. The summed E-state index contributed by atoms with van der Waals surface area (Å²) in [5.74, 6) is -0.195. The minimum atomic E-state index is -0.908. The number of likely N-dealkylation sites (tertiary alicyclic amines) is 1. The third kappa shape index (κ3) is 4.33. The quantitative estimate of drug-likeness (QED) is 0.757. The lowest BCUT2D eigenvalue weighted by Crippen LogP contribution is -2.55. The van der Waals surface area contributed by atoms with Gasteiger partial charge in [0, 0.05) is 26.7 Å². The Balaban J connectivity index is 1.82. The van der Waals surface area contributed by atoms with Gasteiger partial charge in [-0.15, -0.1) is 0 Å². The fourth-order valence-corrected chi connectivity index (χ4v) is 2.83. The first-order chi connectivity index (χ1) is 10.0. The van der Waals surface area contributed by atoms with E-state index in [1.165, 1.54) is 17.7 Å². The normalized spacial score (nSPS) is 25.7. The fraction of sp³-hybridized carbons (Fsp3) is 0.867. The molecule has 0 spiro atoms. The van der Waals surface area contributed by atoms with Crippen molar-refractivity contribution in [1.29, 1.82) is 0 Å². The van der Waals surface area contributed by atoms with Crippen LogP contribution >= 0.6 is 0 Å². The van der Waals surface area contributed by atoms with Crippen molar-refractivity contribution in [2.24, 2.45) is 11.8 Å². The van der Waals surface area contributed by atoms with Crippen LogP contribution in [0.4, 0.5) is 4.79 Å². The van der Waals surface area contributed by atoms with E-state index in [0.29, 0.717) is 25.6 Å². The van der Waals surface area contributed by atoms with Crippen molar-refractivity contribution in [2.45, 2.75) is 38.6 Å². The molecule has 2 aliphatic rings. The topological polar surface area (TPSA) is 70.1 Å². The molecule has 0 aromatic heterocycles. The molecule has 2 unspecified atom stereocenters. The Morgan fingerprint density at radius 3 is 2.67 bits per heavy atom. The first-order valence-corrected chi connectivity index (χ1v) is 7.83. The Labute approximate surface area is 126 Å². The Kier molecular flexibility index (Phi) is 5.45. The molecule has 1 saturated carbocycles. The molecule has 2 rings (SSSR count). The van der Waals surface area contributed by atoms with Gasteiger partial charge in [-0.1, -0.05) is 6.92 Å². The molecule has 6 nitrogen and oxygen atoms in total. The Hall–Kier alpha value is -1.30. The van der Waals surface area contributed by atoms with Crippen molar-refractivity contribution in [1.82, 2.24) is 9.80 Å². The van der Waals surface area contributed by atoms with Gasteiger partial charge in [0.2, 0.25) is 0 Å². The second kappa shape index (κ2) is 7.11. The van der Waals surface area contributed by atoms with E-state index in [-0.39, 0.29) is 11.9 Å². The van der Waals surface area contributed by atoms with Gasteiger partial charge in [-0.2, -0.15) is 0 Å². The molecule has 2 amide bonds. The summed E-state index contributed by atoms with van der Waals surface area (Å²) in [5.41, 5.74) is 0. The molecule has 1 heterocycles. The maximum Gasteiger partial charge on any atom is 0.326 e. The van der Waals surface area contributed by atoms with Crippen LogP contribution < -0.4 is 0 Å². The lowest BCUT2D eigenvalue weighted by atomic mass is 9.91. The van der Waals surface area contributed by atoms with Crippen LogP contribution in [0.25, 0.3) is 0 Å². The van der Waals surface area contributed by atoms with E-state index in [1.807, 2.05) is 6.92 Å². The lowest BCUT2D eigenvalue weighted by molar-refractivity contribution is -0.145. The van der Waals surface area contributed by atoms with E-state index in [4.69, 9.17) is 4.74 Å². The summed E-state index contributed by atoms with van der Waals surface area (Å²) in [7, 11) is 1.71. The summed E-state index contributed by atoms with van der Waals surface area (Å²) in [6, 6.07) is -0.912. The minimum absolute atomic E-state index is 0.000262. The van der Waals surface area contributed by atoms with Crippen molar-refractivity contribution in [2.75, 3.05) is 33.4 Å². The van der Waals surface area contributed by atoms with Crippen molar-refractivity contribution in [3.8, 4) is 0 Å². The third-order valence-electron chi connectivity index (χ3n) is 4.38. The van der Waals surface area contributed by atoms with Gasteiger partial charge >= 0.3 is 12.0 Å². The van der Waals surface area contributed by atoms with Crippen LogP contribution in [0, 0.1) is 11.8 Å². The highest BCUT2D eigenvalue weighted by molar-refractivity contribution is 5.83. The number of hydrogen-bond acceptors (Lipinski definition) is 3. The fourth-order valence-electron chi connectivity index (χ4n) is 2.83. The van der Waals surface area contributed by atoms with E-state index in [9.17, 15) is 14.7 Å². The smallest absolute Gasteiger partial charge is 0.326 e. The Morgan fingerprint density at radius 1 is 1.33 bits per heavy atom. The predicted molar refractivity (Wildman–Crippen MR) is 78.1 cm³/mol. The summed E-state index contributed by atoms with van der Waals surface area (Å²) in [6.45, 7) is 4.22. The number of hydrogen-bond donors (Lipinski definition) is 1. The first-order valence-electron chi connectivity index (χ1n) is 7.83. The average Bonchev–Trinajstić information content (AvgIpc) is 3.26. The van der Waals surface area contributed by atoms with E-state index in [0.717, 1.165) is 19.4 Å². The van der Waals surface area contributed by atoms with Gasteiger partial charge in [-0.25, -0.2) is 9.59 Å². The molecule has 0 bridgehead atoms. The van der Waals surface area contributed by atoms with Crippen molar-refractivity contribution < 1.29 is 19.4 Å². The first kappa shape index (κ1) is 16.1. The number of rotatable bonds is 6. The third-order valence-corrected chi connectivity index (χ3v) is 4.38. The largest absolute Gasteiger partial charge is 0.480 e. The number of piperidine rings is 1. The molecule has 120 valence electrons. The van der Waals surface area contributed by atoms with Crippen LogP contribution in [0.1, 0.15) is 32.6 Å². The second-order valence-electron chi connectivity index (χ2n) is 6.32. The van der Waals surface area contributed by atoms with Gasteiger partial charge in [0.25, 0.3) is 0 Å². The second-order valence-corrected chi connectivity index (χ2v) is 6.32. The number of urea groups is 1. The van der Waals surface area contributed by atoms with E-state index in [1.54, 1.807) is 11.9 Å². The highest BCUT2D eigenvalue weighted by Crippen LogP contribution is 2.28. The molecule has 21 heavy (non-hydrogen) atoms. The summed E-state index contributed by atoms with van der Waals surface area (Å²) >= 11 is 0. The Bertz CT molecular complexity index is 384. The molecule has 1 saturated heterocycles. The maximum atomic E-state index is 12.4. The summed E-state index contributed by atoms with van der Waals surface area (Å²) in [5, 5.41) is 9.35. The zero-order chi connectivity index (χ0) is 15.4. The molecular weight excluding hydrogens is 272 g/mol. The molecule has 0 radical (unpaired) electrons. The van der Waals surface area contributed by atoms with Gasteiger partial charge in [0.1, 0.15) is 6.04 Å². The number of ether oxygens (including phenoxy) is 1. The number of likely N-dealkylation sites (N-methyl/N-ethyl adjacent to an activating group) is 1. The number of amides is 2. The molecule has 1 aliphatic heterocycles. The van der Waals surface area contributed by atoms with Crippen LogP contribution in [0.5, 0.6) is 0 Å². The van der Waals surface area contributed by atoms with Crippen molar-refractivity contribution in [3.63, 3.8) is 0 Å². The van der Waals surface area contributed by atoms with Crippen LogP contribution in [-0.4, -0.2) is 66.3 Å². The standard InChI is InChI=1S/C15H26N2O4/c1-11-4-3-7-17(13(11)14(18)19)15(20)16(2)8-9-21-10-12-5-6-12/h11-13H,3-10H2,1-2H3,(H,18,19). The SMILES string of the molecule is CC1CCCN(C(=O)N(C)CCOCC2CC2)C1C(=O)O. The minimum Gasteiger partial charge on any atom is -0.480 e. The molecule has 0 aromatic rings. The van der Waals surface area contributed by atoms with Gasteiger partial charge in [-0.3, -0.25) is 0 Å². The number of nitrogens with zero attached hydrogens (tertiary/aromatic N) is 2. The molecule has 1 aliphatic carbocycles. The van der Waals surface area contributed by atoms with Gasteiger partial charge in [0.15, 0.2) is 0 Å². The maximum absolute atomic E-state index is 12.4. The molecule has 1 N–H and O–H groups in total. The monoisotopic (exact) mass is 298 g/mol. The molecule has 6 heteroatoms. The Morgan fingerprint density at radius 2 is 2.05 bits per heavy atom. The molecule has 0 aromatic carbocycles. The van der Waals surface area contributed by atoms with Gasteiger partial charge in [0.05, 0.1) is 6.61 Å². The van der Waals surface area contributed by atoms with E-state index >= 15 is 0 Å². The number of carboxylic acid groups (broad SMARTS) is 1. The molecule has 2 fully saturated rings. The van der Waals surface area contributed by atoms with Crippen molar-refractivity contribution >= 4 is 12.0 Å². The van der Waals surface area contributed by atoms with Gasteiger partial charge in [-0.05, 0) is 37.5 Å². The molecule has 2 atom stereocenters. The highest BCUT2D eigenvalue weighted by Gasteiger charge is 2.38. The number of carboxylic acids is 1. The van der Waals surface area contributed by atoms with Crippen LogP contribution in [0.3, 0.4) is 0 Å². The zero-order valence-corrected chi connectivity index (χ0v) is 13.0. The number of aliphatic carboxylic acids is 1. The van der Waals surface area contributed by atoms with Crippen LogP contribution in [0.15, 0.2) is 0 Å². The van der Waals surface area contributed by atoms with Crippen molar-refractivity contribution in [3.05, 3.63) is 0 Å². The summed E-state index contributed by atoms with van der Waals surface area (Å²) in [6.07, 6.45) is 4.22. The van der Waals surface area contributed by atoms with E-state index < -0.39 is 12.0 Å². The summed E-state index contributed by atoms with van der Waals surface area (Å²) in [4.78, 5) is 26.9. The van der Waals surface area contributed by atoms with Crippen LogP contribution in [-0.2, 0) is 9.53 Å². The van der Waals surface area contributed by atoms with E-state index in [2.05, 4.69) is 0 Å². The molecular formula is C15H26N2O4.